The molecule has 2 aliphatic heterocycles. The quantitative estimate of drug-likeness (QED) is 0.516. The van der Waals surface area contributed by atoms with Crippen LogP contribution in [0.4, 0.5) is 4.39 Å². The molecule has 0 unspecified atom stereocenters. The Labute approximate surface area is 200 Å². The first-order chi connectivity index (χ1) is 16.6. The van der Waals surface area contributed by atoms with Gasteiger partial charge in [0.1, 0.15) is 5.82 Å². The number of aromatic nitrogens is 4. The van der Waals surface area contributed by atoms with Crippen molar-refractivity contribution in [1.29, 1.82) is 0 Å². The van der Waals surface area contributed by atoms with Gasteiger partial charge in [0.05, 0.1) is 54.2 Å². The van der Waals surface area contributed by atoms with Crippen LogP contribution in [-0.4, -0.2) is 63.5 Å². The van der Waals surface area contributed by atoms with Crippen LogP contribution in [0.2, 0.25) is 0 Å². The molecule has 0 bridgehead atoms. The Balaban J connectivity index is 1.14. The molecule has 34 heavy (non-hydrogen) atoms. The first-order valence-electron chi connectivity index (χ1n) is 11.3. The summed E-state index contributed by atoms with van der Waals surface area (Å²) in [4.78, 5) is 9.34. The average Bonchev–Trinajstić information content (AvgIpc) is 2.87. The Hall–Kier alpha value is -2.76. The number of aromatic hydroxyl groups is 1. The van der Waals surface area contributed by atoms with Gasteiger partial charge in [-0.25, -0.2) is 9.37 Å². The molecule has 5 rings (SSSR count). The normalized spacial score (nSPS) is 20.1. The number of nitrogens with zero attached hydrogens (tertiary/aromatic N) is 4. The van der Waals surface area contributed by atoms with E-state index < -0.39 is 5.82 Å². The molecule has 9 nitrogen and oxygen atoms in total. The minimum atomic E-state index is -0.419. The van der Waals surface area contributed by atoms with E-state index in [0.717, 1.165) is 29.2 Å². The Kier molecular flexibility index (Phi) is 6.93. The van der Waals surface area contributed by atoms with Gasteiger partial charge in [-0.1, -0.05) is 0 Å². The fourth-order valence-corrected chi connectivity index (χ4v) is 5.06. The molecule has 2 aliphatic rings. The smallest absolute Gasteiger partial charge is 0.257 e. The van der Waals surface area contributed by atoms with Gasteiger partial charge in [0.25, 0.3) is 5.88 Å². The van der Waals surface area contributed by atoms with Crippen LogP contribution >= 0.6 is 11.8 Å². The van der Waals surface area contributed by atoms with Crippen LogP contribution < -0.4 is 14.8 Å². The molecule has 5 heterocycles. The van der Waals surface area contributed by atoms with Gasteiger partial charge in [-0.2, -0.15) is 5.10 Å². The highest BCUT2D eigenvalue weighted by Crippen LogP contribution is 2.32. The van der Waals surface area contributed by atoms with Crippen molar-refractivity contribution in [2.45, 2.75) is 49.3 Å². The van der Waals surface area contributed by atoms with Gasteiger partial charge in [-0.15, -0.1) is 16.9 Å². The Bertz CT molecular complexity index is 1180. The lowest BCUT2D eigenvalue weighted by atomic mass is 9.98. The first-order valence-corrected chi connectivity index (χ1v) is 12.3. The summed E-state index contributed by atoms with van der Waals surface area (Å²) >= 11 is 1.74. The molecule has 1 saturated heterocycles. The molecule has 0 spiro atoms. The first kappa shape index (κ1) is 23.0. The molecule has 11 heteroatoms. The number of thioether (sulfide) groups is 1. The van der Waals surface area contributed by atoms with Crippen LogP contribution in [0, 0.1) is 5.82 Å². The third-order valence-electron chi connectivity index (χ3n) is 6.05. The average molecular weight is 488 g/mol. The van der Waals surface area contributed by atoms with Crippen molar-refractivity contribution in [3.63, 3.8) is 0 Å². The van der Waals surface area contributed by atoms with Crippen LogP contribution in [0.15, 0.2) is 23.2 Å². The Morgan fingerprint density at radius 3 is 3.03 bits per heavy atom. The zero-order valence-electron chi connectivity index (χ0n) is 18.8. The lowest BCUT2D eigenvalue weighted by Crippen LogP contribution is -2.39. The molecule has 0 aromatic carbocycles. The summed E-state index contributed by atoms with van der Waals surface area (Å²) in [7, 11) is 1.41. The maximum absolute atomic E-state index is 14.6. The number of ether oxygens (including phenoxy) is 3. The van der Waals surface area contributed by atoms with Crippen molar-refractivity contribution in [2.24, 2.45) is 0 Å². The second kappa shape index (κ2) is 10.2. The number of nitrogens with one attached hydrogen (secondary N) is 1. The van der Waals surface area contributed by atoms with Gasteiger partial charge < -0.3 is 24.6 Å². The van der Waals surface area contributed by atoms with E-state index in [2.05, 4.69) is 25.5 Å². The summed E-state index contributed by atoms with van der Waals surface area (Å²) < 4.78 is 31.2. The molecule has 3 aromatic rings. The maximum atomic E-state index is 14.6. The lowest BCUT2D eigenvalue weighted by molar-refractivity contribution is -0.00711. The standard InChI is InChI=1S/C23H26FN5O4S/c1-31-22-19(30)9-18-21(27-22)16(17(24)11-26-18)5-4-15-3-2-13(12-33-15)25-10-14-8-20-23(29-28-14)32-6-7-34-20/h8-9,11,13,15,25,30H,2-7,10,12H2,1H3/t13-,15-/m1/s1. The third-order valence-corrected chi connectivity index (χ3v) is 7.02. The van der Waals surface area contributed by atoms with Gasteiger partial charge in [0.15, 0.2) is 5.75 Å². The molecule has 2 atom stereocenters. The molecule has 180 valence electrons. The van der Waals surface area contributed by atoms with Crippen molar-refractivity contribution in [3.8, 4) is 17.5 Å². The van der Waals surface area contributed by atoms with E-state index in [-0.39, 0.29) is 23.8 Å². The summed E-state index contributed by atoms with van der Waals surface area (Å²) in [5, 5.41) is 21.8. The lowest BCUT2D eigenvalue weighted by Gasteiger charge is -2.30. The molecule has 0 radical (unpaired) electrons. The zero-order valence-corrected chi connectivity index (χ0v) is 19.6. The molecular weight excluding hydrogens is 461 g/mol. The number of halogens is 1. The molecule has 3 aromatic heterocycles. The zero-order chi connectivity index (χ0) is 23.5. The number of aryl methyl sites for hydroxylation is 1. The van der Waals surface area contributed by atoms with Crippen LogP contribution in [0.1, 0.15) is 30.5 Å². The number of methoxy groups -OCH3 is 1. The molecule has 1 fully saturated rings. The summed E-state index contributed by atoms with van der Waals surface area (Å²) in [6.45, 7) is 1.87. The predicted octanol–water partition coefficient (Wildman–Crippen LogP) is 3.03. The summed E-state index contributed by atoms with van der Waals surface area (Å²) in [6, 6.07) is 3.70. The van der Waals surface area contributed by atoms with E-state index in [1.807, 2.05) is 6.07 Å². The van der Waals surface area contributed by atoms with Crippen molar-refractivity contribution >= 4 is 22.8 Å². The van der Waals surface area contributed by atoms with Crippen molar-refractivity contribution in [3.05, 3.63) is 35.4 Å². The SMILES string of the molecule is COc1nc2c(CC[C@H]3CC[C@@H](NCc4cc5c(nn4)OCCS5)CO3)c(F)cnc2cc1O. The van der Waals surface area contributed by atoms with Crippen LogP contribution in [-0.2, 0) is 17.7 Å². The number of pyridine rings is 2. The number of fused-ring (bicyclic) bond motifs is 2. The minimum Gasteiger partial charge on any atom is -0.503 e. The monoisotopic (exact) mass is 487 g/mol. The van der Waals surface area contributed by atoms with Crippen LogP contribution in [0.5, 0.6) is 17.5 Å². The largest absolute Gasteiger partial charge is 0.503 e. The van der Waals surface area contributed by atoms with E-state index in [9.17, 15) is 9.50 Å². The molecule has 0 amide bonds. The van der Waals surface area contributed by atoms with Crippen molar-refractivity contribution in [1.82, 2.24) is 25.5 Å². The Morgan fingerprint density at radius 1 is 1.29 bits per heavy atom. The molecule has 0 saturated carbocycles. The summed E-state index contributed by atoms with van der Waals surface area (Å²) in [5.41, 5.74) is 2.17. The number of rotatable bonds is 7. The fourth-order valence-electron chi connectivity index (χ4n) is 4.23. The second-order valence-corrected chi connectivity index (χ2v) is 9.46. The molecule has 0 aliphatic carbocycles. The maximum Gasteiger partial charge on any atom is 0.257 e. The van der Waals surface area contributed by atoms with E-state index in [0.29, 0.717) is 55.1 Å². The summed E-state index contributed by atoms with van der Waals surface area (Å²) in [6.07, 6.45) is 4.16. The number of hydrogen-bond acceptors (Lipinski definition) is 10. The van der Waals surface area contributed by atoms with Gasteiger partial charge >= 0.3 is 0 Å². The van der Waals surface area contributed by atoms with E-state index in [4.69, 9.17) is 14.2 Å². The highest BCUT2D eigenvalue weighted by atomic mass is 32.2. The van der Waals surface area contributed by atoms with Gasteiger partial charge in [0, 0.05) is 30.0 Å². The predicted molar refractivity (Wildman–Crippen MR) is 124 cm³/mol. The topological polar surface area (TPSA) is 112 Å². The van der Waals surface area contributed by atoms with Gasteiger partial charge in [-0.3, -0.25) is 4.98 Å². The minimum absolute atomic E-state index is 0.0387. The van der Waals surface area contributed by atoms with E-state index in [1.54, 1.807) is 11.8 Å². The molecule has 2 N–H and O–H groups in total. The second-order valence-electron chi connectivity index (χ2n) is 8.32. The van der Waals surface area contributed by atoms with Crippen LogP contribution in [0.3, 0.4) is 0 Å². The Morgan fingerprint density at radius 2 is 2.21 bits per heavy atom. The molecular formula is C23H26FN5O4S. The highest BCUT2D eigenvalue weighted by molar-refractivity contribution is 7.99. The van der Waals surface area contributed by atoms with E-state index >= 15 is 0 Å². The van der Waals surface area contributed by atoms with Crippen molar-refractivity contribution in [2.75, 3.05) is 26.1 Å². The van der Waals surface area contributed by atoms with Crippen molar-refractivity contribution < 1.29 is 23.7 Å². The highest BCUT2D eigenvalue weighted by Gasteiger charge is 2.23. The van der Waals surface area contributed by atoms with E-state index in [1.165, 1.54) is 19.4 Å². The van der Waals surface area contributed by atoms with Gasteiger partial charge in [-0.05, 0) is 31.7 Å². The van der Waals surface area contributed by atoms with Gasteiger partial charge in [0.2, 0.25) is 5.88 Å². The fraction of sp³-hybridized carbons (Fsp3) is 0.478. The van der Waals surface area contributed by atoms with Crippen LogP contribution in [0.25, 0.3) is 11.0 Å². The number of hydrogen-bond donors (Lipinski definition) is 2. The third kappa shape index (κ3) is 5.01. The summed E-state index contributed by atoms with van der Waals surface area (Å²) in [5.74, 6) is 1.06.